The molecule has 0 aliphatic heterocycles. The number of allylic oxidation sites excluding steroid dienone is 1. The van der Waals surface area contributed by atoms with E-state index in [9.17, 15) is 8.78 Å². The number of alkyl halides is 2. The van der Waals surface area contributed by atoms with Crippen molar-refractivity contribution in [3.05, 3.63) is 35.9 Å². The van der Waals surface area contributed by atoms with Crippen LogP contribution in [0.25, 0.3) is 0 Å². The second-order valence-electron chi connectivity index (χ2n) is 4.39. The lowest BCUT2D eigenvalue weighted by molar-refractivity contribution is -0.0512. The van der Waals surface area contributed by atoms with Crippen molar-refractivity contribution in [3.8, 4) is 11.5 Å². The summed E-state index contributed by atoms with van der Waals surface area (Å²) in [7, 11) is 1.41. The summed E-state index contributed by atoms with van der Waals surface area (Å²) >= 11 is 0. The summed E-state index contributed by atoms with van der Waals surface area (Å²) < 4.78 is 34.3. The molecule has 1 unspecified atom stereocenters. The Morgan fingerprint density at radius 1 is 1.33 bits per heavy atom. The number of rotatable bonds is 9. The number of nitrogens with two attached hydrogens (primary N) is 1. The molecule has 0 heterocycles. The van der Waals surface area contributed by atoms with E-state index in [0.29, 0.717) is 6.54 Å². The van der Waals surface area contributed by atoms with E-state index in [4.69, 9.17) is 10.5 Å². The van der Waals surface area contributed by atoms with Gasteiger partial charge in [0.2, 0.25) is 0 Å². The first kappa shape index (κ1) is 17.4. The SMILES string of the molecule is C/C=C/CCNC(CN)c1ccc(OC)c(OC(F)F)c1. The van der Waals surface area contributed by atoms with Crippen molar-refractivity contribution in [3.63, 3.8) is 0 Å². The van der Waals surface area contributed by atoms with Gasteiger partial charge in [-0.05, 0) is 37.6 Å². The summed E-state index contributed by atoms with van der Waals surface area (Å²) in [5.74, 6) is 0.280. The average molecular weight is 300 g/mol. The lowest BCUT2D eigenvalue weighted by Gasteiger charge is -2.19. The molecule has 4 nitrogen and oxygen atoms in total. The second kappa shape index (κ2) is 9.31. The Morgan fingerprint density at radius 3 is 2.67 bits per heavy atom. The predicted octanol–water partition coefficient (Wildman–Crippen LogP) is 2.85. The van der Waals surface area contributed by atoms with Crippen molar-refractivity contribution >= 4 is 0 Å². The fourth-order valence-corrected chi connectivity index (χ4v) is 1.94. The predicted molar refractivity (Wildman–Crippen MR) is 78.9 cm³/mol. The molecule has 0 aliphatic rings. The topological polar surface area (TPSA) is 56.5 Å². The molecule has 118 valence electrons. The van der Waals surface area contributed by atoms with Gasteiger partial charge in [-0.1, -0.05) is 18.2 Å². The lowest BCUT2D eigenvalue weighted by Crippen LogP contribution is -2.28. The van der Waals surface area contributed by atoms with Crippen molar-refractivity contribution in [1.82, 2.24) is 5.32 Å². The number of benzene rings is 1. The van der Waals surface area contributed by atoms with Crippen LogP contribution in [-0.2, 0) is 0 Å². The summed E-state index contributed by atoms with van der Waals surface area (Å²) in [5, 5.41) is 3.28. The zero-order chi connectivity index (χ0) is 15.7. The average Bonchev–Trinajstić information content (AvgIpc) is 2.47. The number of ether oxygens (including phenoxy) is 2. The molecule has 0 amide bonds. The van der Waals surface area contributed by atoms with Gasteiger partial charge in [-0.25, -0.2) is 0 Å². The minimum Gasteiger partial charge on any atom is -0.493 e. The Balaban J connectivity index is 2.83. The highest BCUT2D eigenvalue weighted by Crippen LogP contribution is 2.31. The Labute approximate surface area is 123 Å². The fraction of sp³-hybridized carbons (Fsp3) is 0.467. The molecule has 0 aliphatic carbocycles. The molecule has 0 saturated heterocycles. The summed E-state index contributed by atoms with van der Waals surface area (Å²) in [6, 6.07) is 4.80. The number of halogens is 2. The molecule has 21 heavy (non-hydrogen) atoms. The first-order valence-corrected chi connectivity index (χ1v) is 6.79. The minimum atomic E-state index is -2.90. The highest BCUT2D eigenvalue weighted by atomic mass is 19.3. The number of methoxy groups -OCH3 is 1. The van der Waals surface area contributed by atoms with E-state index < -0.39 is 6.61 Å². The molecular formula is C15H22F2N2O2. The monoisotopic (exact) mass is 300 g/mol. The molecule has 1 atom stereocenters. The quantitative estimate of drug-likeness (QED) is 0.544. The normalized spacial score (nSPS) is 12.9. The van der Waals surface area contributed by atoms with Crippen molar-refractivity contribution in [2.45, 2.75) is 26.0 Å². The highest BCUT2D eigenvalue weighted by Gasteiger charge is 2.15. The van der Waals surface area contributed by atoms with Crippen LogP contribution < -0.4 is 20.5 Å². The van der Waals surface area contributed by atoms with Crippen molar-refractivity contribution in [1.29, 1.82) is 0 Å². The van der Waals surface area contributed by atoms with Crippen LogP contribution in [0.15, 0.2) is 30.4 Å². The van der Waals surface area contributed by atoms with E-state index in [-0.39, 0.29) is 17.5 Å². The van der Waals surface area contributed by atoms with Crippen LogP contribution in [0.2, 0.25) is 0 Å². The standard InChI is InChI=1S/C15H22F2N2O2/c1-3-4-5-8-19-12(10-18)11-6-7-13(20-2)14(9-11)21-15(16)17/h3-4,6-7,9,12,15,19H,5,8,10,18H2,1-2H3/b4-3+. The maximum atomic E-state index is 12.4. The highest BCUT2D eigenvalue weighted by molar-refractivity contribution is 5.44. The van der Waals surface area contributed by atoms with Crippen LogP contribution in [0.1, 0.15) is 24.9 Å². The number of hydrogen-bond donors (Lipinski definition) is 2. The van der Waals surface area contributed by atoms with Crippen molar-refractivity contribution in [2.75, 3.05) is 20.2 Å². The summed E-state index contributed by atoms with van der Waals surface area (Å²) in [5.41, 5.74) is 6.53. The molecule has 0 saturated carbocycles. The largest absolute Gasteiger partial charge is 0.493 e. The van der Waals surface area contributed by atoms with Crippen LogP contribution in [0.5, 0.6) is 11.5 Å². The first-order valence-electron chi connectivity index (χ1n) is 6.79. The number of nitrogens with one attached hydrogen (secondary N) is 1. The van der Waals surface area contributed by atoms with Gasteiger partial charge in [-0.15, -0.1) is 0 Å². The van der Waals surface area contributed by atoms with Crippen LogP contribution in [0, 0.1) is 0 Å². The van der Waals surface area contributed by atoms with Gasteiger partial charge in [0.1, 0.15) is 0 Å². The van der Waals surface area contributed by atoms with Crippen LogP contribution in [-0.4, -0.2) is 26.8 Å². The third-order valence-electron chi connectivity index (χ3n) is 2.98. The smallest absolute Gasteiger partial charge is 0.387 e. The molecule has 0 aromatic heterocycles. The van der Waals surface area contributed by atoms with E-state index in [0.717, 1.165) is 18.5 Å². The van der Waals surface area contributed by atoms with E-state index in [1.807, 2.05) is 19.1 Å². The molecule has 0 radical (unpaired) electrons. The molecule has 0 bridgehead atoms. The van der Waals surface area contributed by atoms with Crippen molar-refractivity contribution in [2.24, 2.45) is 5.73 Å². The van der Waals surface area contributed by atoms with Crippen LogP contribution in [0.4, 0.5) is 8.78 Å². The van der Waals surface area contributed by atoms with Gasteiger partial charge in [0.25, 0.3) is 0 Å². The maximum Gasteiger partial charge on any atom is 0.387 e. The zero-order valence-corrected chi connectivity index (χ0v) is 12.3. The Morgan fingerprint density at radius 2 is 2.10 bits per heavy atom. The van der Waals surface area contributed by atoms with Gasteiger partial charge in [0.15, 0.2) is 11.5 Å². The molecule has 0 spiro atoms. The summed E-state index contributed by atoms with van der Waals surface area (Å²) in [6.45, 7) is 0.172. The molecule has 6 heteroatoms. The van der Waals surface area contributed by atoms with E-state index in [2.05, 4.69) is 10.1 Å². The van der Waals surface area contributed by atoms with Gasteiger partial charge >= 0.3 is 6.61 Å². The third kappa shape index (κ3) is 5.69. The van der Waals surface area contributed by atoms with Gasteiger partial charge in [0.05, 0.1) is 7.11 Å². The third-order valence-corrected chi connectivity index (χ3v) is 2.98. The zero-order valence-electron chi connectivity index (χ0n) is 12.3. The Bertz CT molecular complexity index is 453. The lowest BCUT2D eigenvalue weighted by atomic mass is 10.1. The van der Waals surface area contributed by atoms with E-state index >= 15 is 0 Å². The van der Waals surface area contributed by atoms with Gasteiger partial charge < -0.3 is 20.5 Å². The van der Waals surface area contributed by atoms with E-state index in [1.54, 1.807) is 12.1 Å². The molecule has 3 N–H and O–H groups in total. The van der Waals surface area contributed by atoms with Gasteiger partial charge in [-0.3, -0.25) is 0 Å². The maximum absolute atomic E-state index is 12.4. The molecule has 1 aromatic rings. The van der Waals surface area contributed by atoms with E-state index in [1.165, 1.54) is 13.2 Å². The number of hydrogen-bond acceptors (Lipinski definition) is 4. The fourth-order valence-electron chi connectivity index (χ4n) is 1.94. The van der Waals surface area contributed by atoms with Gasteiger partial charge in [-0.2, -0.15) is 8.78 Å². The van der Waals surface area contributed by atoms with Gasteiger partial charge in [0, 0.05) is 12.6 Å². The molecular weight excluding hydrogens is 278 g/mol. The Hall–Kier alpha value is -1.66. The van der Waals surface area contributed by atoms with Crippen molar-refractivity contribution < 1.29 is 18.3 Å². The molecule has 1 rings (SSSR count). The Kier molecular flexibility index (Phi) is 7.71. The van der Waals surface area contributed by atoms with Crippen LogP contribution in [0.3, 0.4) is 0 Å². The molecule has 0 fully saturated rings. The summed E-state index contributed by atoms with van der Waals surface area (Å²) in [4.78, 5) is 0. The second-order valence-corrected chi connectivity index (χ2v) is 4.39. The molecule has 1 aromatic carbocycles. The first-order chi connectivity index (χ1) is 10.1. The summed E-state index contributed by atoms with van der Waals surface area (Å²) in [6.07, 6.45) is 4.89. The van der Waals surface area contributed by atoms with Crippen LogP contribution >= 0.6 is 0 Å². The minimum absolute atomic E-state index is 0.0127.